The molecule has 2 heterocycles. The van der Waals surface area contributed by atoms with Crippen molar-refractivity contribution in [2.45, 2.75) is 18.6 Å². The molecule has 0 radical (unpaired) electrons. The Kier molecular flexibility index (Phi) is 6.66. The Morgan fingerprint density at radius 2 is 1.97 bits per heavy atom. The van der Waals surface area contributed by atoms with E-state index in [1.165, 1.54) is 20.3 Å². The first-order valence-electron chi connectivity index (χ1n) is 9.22. The zero-order valence-corrected chi connectivity index (χ0v) is 16.5. The van der Waals surface area contributed by atoms with Gasteiger partial charge in [-0.25, -0.2) is 4.98 Å². The number of aromatic nitrogens is 1. The highest BCUT2D eigenvalue weighted by molar-refractivity contribution is 5.77. The third kappa shape index (κ3) is 5.53. The molecule has 1 aliphatic rings. The van der Waals surface area contributed by atoms with Crippen LogP contribution >= 0.6 is 0 Å². The number of hydrogen-bond donors (Lipinski definition) is 1. The minimum atomic E-state index is -4.51. The molecule has 0 unspecified atom stereocenters. The van der Waals surface area contributed by atoms with Gasteiger partial charge < -0.3 is 24.4 Å². The lowest BCUT2D eigenvalue weighted by Crippen LogP contribution is -2.38. The van der Waals surface area contributed by atoms with E-state index in [0.717, 1.165) is 24.4 Å². The van der Waals surface area contributed by atoms with Crippen molar-refractivity contribution in [2.75, 3.05) is 38.8 Å². The number of alkyl halides is 3. The molecule has 0 saturated carbocycles. The second-order valence-corrected chi connectivity index (χ2v) is 6.78. The monoisotopic (exact) mass is 425 g/mol. The molecule has 1 saturated heterocycles. The standard InChI is InChI=1S/C20H22F3N3O4/c1-28-12-19(27)25-13-5-6-26(11-13)14-7-16(29-2)9-17(8-14)30-15-3-4-18(24-10-15)20(21,22)23/h3-4,7-10,13H,5-6,11-12H2,1-2H3,(H,25,27)/t13-/m0/s1. The van der Waals surface area contributed by atoms with E-state index < -0.39 is 11.9 Å². The molecule has 162 valence electrons. The first-order chi connectivity index (χ1) is 14.3. The molecule has 1 aliphatic heterocycles. The van der Waals surface area contributed by atoms with E-state index >= 15 is 0 Å². The number of methoxy groups -OCH3 is 2. The van der Waals surface area contributed by atoms with Crippen molar-refractivity contribution >= 4 is 11.6 Å². The Morgan fingerprint density at radius 1 is 1.20 bits per heavy atom. The minimum absolute atomic E-state index is 0.00874. The molecule has 0 aliphatic carbocycles. The van der Waals surface area contributed by atoms with Crippen LogP contribution in [-0.2, 0) is 15.7 Å². The average molecular weight is 425 g/mol. The van der Waals surface area contributed by atoms with Crippen LogP contribution in [0.2, 0.25) is 0 Å². The summed E-state index contributed by atoms with van der Waals surface area (Å²) in [6.45, 7) is 1.32. The zero-order valence-electron chi connectivity index (χ0n) is 16.5. The number of carbonyl (C=O) groups is 1. The summed E-state index contributed by atoms with van der Waals surface area (Å²) in [6, 6.07) is 7.30. The van der Waals surface area contributed by atoms with Crippen LogP contribution in [0.1, 0.15) is 12.1 Å². The molecule has 1 aromatic heterocycles. The third-order valence-electron chi connectivity index (χ3n) is 4.56. The normalized spacial score (nSPS) is 16.4. The summed E-state index contributed by atoms with van der Waals surface area (Å²) in [7, 11) is 2.98. The van der Waals surface area contributed by atoms with Gasteiger partial charge in [0.15, 0.2) is 0 Å². The number of pyridine rings is 1. The van der Waals surface area contributed by atoms with E-state index in [0.29, 0.717) is 24.6 Å². The number of ether oxygens (including phenoxy) is 3. The van der Waals surface area contributed by atoms with Gasteiger partial charge in [-0.3, -0.25) is 4.79 Å². The third-order valence-corrected chi connectivity index (χ3v) is 4.56. The fraction of sp³-hybridized carbons (Fsp3) is 0.400. The molecule has 1 aromatic carbocycles. The average Bonchev–Trinajstić information content (AvgIpc) is 3.16. The molecule has 1 atom stereocenters. The Labute approximate surface area is 171 Å². The van der Waals surface area contributed by atoms with E-state index in [4.69, 9.17) is 14.2 Å². The summed E-state index contributed by atoms with van der Waals surface area (Å²) in [4.78, 5) is 17.2. The molecule has 30 heavy (non-hydrogen) atoms. The van der Waals surface area contributed by atoms with Gasteiger partial charge in [0.1, 0.15) is 29.5 Å². The number of amides is 1. The fourth-order valence-corrected chi connectivity index (χ4v) is 3.17. The van der Waals surface area contributed by atoms with Gasteiger partial charge in [0.05, 0.1) is 13.3 Å². The van der Waals surface area contributed by atoms with Gasteiger partial charge in [0, 0.05) is 50.1 Å². The van der Waals surface area contributed by atoms with Crippen LogP contribution in [0, 0.1) is 0 Å². The van der Waals surface area contributed by atoms with Gasteiger partial charge in [0.25, 0.3) is 0 Å². The zero-order chi connectivity index (χ0) is 21.7. The number of nitrogens with zero attached hydrogens (tertiary/aromatic N) is 2. The molecule has 1 N–H and O–H groups in total. The van der Waals surface area contributed by atoms with E-state index in [9.17, 15) is 18.0 Å². The lowest BCUT2D eigenvalue weighted by atomic mass is 10.2. The molecule has 10 heteroatoms. The van der Waals surface area contributed by atoms with E-state index in [-0.39, 0.29) is 24.3 Å². The van der Waals surface area contributed by atoms with Gasteiger partial charge in [-0.15, -0.1) is 0 Å². The predicted octanol–water partition coefficient (Wildman–Crippen LogP) is 3.24. The SMILES string of the molecule is COCC(=O)N[C@H]1CCN(c2cc(OC)cc(Oc3ccc(C(F)(F)F)nc3)c2)C1. The Hall–Kier alpha value is -3.01. The van der Waals surface area contributed by atoms with Crippen LogP contribution in [-0.4, -0.2) is 50.8 Å². The molecule has 2 aromatic rings. The second kappa shape index (κ2) is 9.21. The molecular formula is C20H22F3N3O4. The second-order valence-electron chi connectivity index (χ2n) is 6.78. The van der Waals surface area contributed by atoms with Crippen LogP contribution in [0.25, 0.3) is 0 Å². The van der Waals surface area contributed by atoms with Crippen molar-refractivity contribution in [3.63, 3.8) is 0 Å². The van der Waals surface area contributed by atoms with Crippen LogP contribution in [0.3, 0.4) is 0 Å². The van der Waals surface area contributed by atoms with Crippen molar-refractivity contribution in [1.82, 2.24) is 10.3 Å². The number of anilines is 1. The van der Waals surface area contributed by atoms with Crippen LogP contribution in [0.4, 0.5) is 18.9 Å². The van der Waals surface area contributed by atoms with Gasteiger partial charge in [-0.1, -0.05) is 0 Å². The number of halogens is 3. The van der Waals surface area contributed by atoms with E-state index in [1.807, 2.05) is 6.07 Å². The summed E-state index contributed by atoms with van der Waals surface area (Å²) >= 11 is 0. The van der Waals surface area contributed by atoms with Gasteiger partial charge in [0.2, 0.25) is 5.91 Å². The number of carbonyl (C=O) groups excluding carboxylic acids is 1. The van der Waals surface area contributed by atoms with Crippen molar-refractivity contribution in [1.29, 1.82) is 0 Å². The smallest absolute Gasteiger partial charge is 0.433 e. The molecule has 3 rings (SSSR count). The van der Waals surface area contributed by atoms with Gasteiger partial charge >= 0.3 is 6.18 Å². The van der Waals surface area contributed by atoms with Crippen LogP contribution < -0.4 is 19.7 Å². The van der Waals surface area contributed by atoms with E-state index in [2.05, 4.69) is 15.2 Å². The van der Waals surface area contributed by atoms with Crippen molar-refractivity contribution in [3.8, 4) is 17.2 Å². The van der Waals surface area contributed by atoms with Gasteiger partial charge in [-0.05, 0) is 18.6 Å². The molecule has 0 bridgehead atoms. The lowest BCUT2D eigenvalue weighted by Gasteiger charge is -2.21. The minimum Gasteiger partial charge on any atom is -0.497 e. The first-order valence-corrected chi connectivity index (χ1v) is 9.22. The maximum Gasteiger partial charge on any atom is 0.433 e. The molecule has 1 fully saturated rings. The Balaban J connectivity index is 1.72. The van der Waals surface area contributed by atoms with E-state index in [1.54, 1.807) is 12.1 Å². The molecule has 1 amide bonds. The summed E-state index contributed by atoms with van der Waals surface area (Å²) in [5.74, 6) is 0.939. The lowest BCUT2D eigenvalue weighted by molar-refractivity contribution is -0.141. The number of rotatable bonds is 7. The predicted molar refractivity (Wildman–Crippen MR) is 103 cm³/mol. The summed E-state index contributed by atoms with van der Waals surface area (Å²) < 4.78 is 53.8. The van der Waals surface area contributed by atoms with Crippen LogP contribution in [0.5, 0.6) is 17.2 Å². The Bertz CT molecular complexity index is 875. The quantitative estimate of drug-likeness (QED) is 0.734. The largest absolute Gasteiger partial charge is 0.497 e. The highest BCUT2D eigenvalue weighted by atomic mass is 19.4. The molecule has 7 nitrogen and oxygen atoms in total. The maximum atomic E-state index is 12.7. The van der Waals surface area contributed by atoms with Gasteiger partial charge in [-0.2, -0.15) is 13.2 Å². The number of nitrogens with one attached hydrogen (secondary N) is 1. The highest BCUT2D eigenvalue weighted by Crippen LogP contribution is 2.34. The summed E-state index contributed by atoms with van der Waals surface area (Å²) in [5, 5.41) is 2.91. The molecule has 0 spiro atoms. The number of hydrogen-bond acceptors (Lipinski definition) is 6. The fourth-order valence-electron chi connectivity index (χ4n) is 3.17. The van der Waals surface area contributed by atoms with Crippen molar-refractivity contribution in [3.05, 3.63) is 42.2 Å². The Morgan fingerprint density at radius 3 is 2.60 bits per heavy atom. The first kappa shape index (κ1) is 21.7. The highest BCUT2D eigenvalue weighted by Gasteiger charge is 2.32. The summed E-state index contributed by atoms with van der Waals surface area (Å²) in [6.07, 6.45) is -2.71. The van der Waals surface area contributed by atoms with Crippen molar-refractivity contribution in [2.24, 2.45) is 0 Å². The van der Waals surface area contributed by atoms with Crippen LogP contribution in [0.15, 0.2) is 36.5 Å². The van der Waals surface area contributed by atoms with Crippen molar-refractivity contribution < 1.29 is 32.2 Å². The maximum absolute atomic E-state index is 12.7. The molecular weight excluding hydrogens is 403 g/mol. The summed E-state index contributed by atoms with van der Waals surface area (Å²) in [5.41, 5.74) is -0.174. The number of benzene rings is 1. The topological polar surface area (TPSA) is 72.9 Å².